The van der Waals surface area contributed by atoms with Gasteiger partial charge in [0.05, 0.1) is 14.2 Å². The van der Waals surface area contributed by atoms with Gasteiger partial charge < -0.3 is 9.47 Å². The molecule has 0 atom stereocenters. The first kappa shape index (κ1) is 16.6. The van der Waals surface area contributed by atoms with Crippen molar-refractivity contribution in [1.29, 1.82) is 0 Å². The van der Waals surface area contributed by atoms with Crippen molar-refractivity contribution < 1.29 is 9.47 Å². The highest BCUT2D eigenvalue weighted by atomic mass is 16.5. The van der Waals surface area contributed by atoms with Gasteiger partial charge in [-0.3, -0.25) is 0 Å². The van der Waals surface area contributed by atoms with E-state index in [4.69, 9.17) is 9.47 Å². The lowest BCUT2D eigenvalue weighted by Gasteiger charge is -2.20. The molecule has 0 aliphatic heterocycles. The average molecular weight is 322 g/mol. The molecule has 4 rings (SSSR count). The summed E-state index contributed by atoms with van der Waals surface area (Å²) in [5.74, 6) is 1.68. The molecule has 0 bridgehead atoms. The summed E-state index contributed by atoms with van der Waals surface area (Å²) in [5, 5.41) is 0. The Morgan fingerprint density at radius 1 is 0.917 bits per heavy atom. The Kier molecular flexibility index (Phi) is 4.66. The van der Waals surface area contributed by atoms with Crippen LogP contribution in [0.3, 0.4) is 0 Å². The smallest absolute Gasteiger partial charge is 0.161 e. The van der Waals surface area contributed by atoms with E-state index in [1.165, 1.54) is 28.7 Å². The standard InChI is InChI=1S/C13H18O2.C9H8/c1-13(2)6-5-9-7-11(14-3)12(15-4)8-10(9)13;1-2-5-9-7-3-6-8(9)4-1/h7-8H,5-6H2,1-4H3;1-6H,7H2. The lowest BCUT2D eigenvalue weighted by Crippen LogP contribution is -2.11. The molecule has 0 spiro atoms. The fraction of sp³-hybridized carbons (Fsp3) is 0.364. The molecule has 2 aliphatic carbocycles. The van der Waals surface area contributed by atoms with Crippen molar-refractivity contribution in [1.82, 2.24) is 0 Å². The molecule has 2 nitrogen and oxygen atoms in total. The summed E-state index contributed by atoms with van der Waals surface area (Å²) in [4.78, 5) is 0. The molecule has 0 radical (unpaired) electrons. The van der Waals surface area contributed by atoms with Crippen LogP contribution in [0.25, 0.3) is 6.08 Å². The zero-order chi connectivity index (χ0) is 17.2. The second-order valence-electron chi connectivity index (χ2n) is 7.05. The number of benzene rings is 2. The molecule has 0 saturated carbocycles. The molecular weight excluding hydrogens is 296 g/mol. The molecule has 2 heteroatoms. The second-order valence-corrected chi connectivity index (χ2v) is 7.05. The number of methoxy groups -OCH3 is 2. The van der Waals surface area contributed by atoms with Gasteiger partial charge in [0, 0.05) is 0 Å². The molecule has 0 amide bonds. The van der Waals surface area contributed by atoms with Crippen LogP contribution in [-0.2, 0) is 18.3 Å². The monoisotopic (exact) mass is 322 g/mol. The van der Waals surface area contributed by atoms with E-state index >= 15 is 0 Å². The van der Waals surface area contributed by atoms with Crippen molar-refractivity contribution in [3.8, 4) is 11.5 Å². The zero-order valence-corrected chi connectivity index (χ0v) is 15.1. The first-order valence-electron chi connectivity index (χ1n) is 8.55. The molecule has 24 heavy (non-hydrogen) atoms. The highest BCUT2D eigenvalue weighted by Gasteiger charge is 2.31. The quantitative estimate of drug-likeness (QED) is 0.758. The Bertz CT molecular complexity index is 757. The Balaban J connectivity index is 0.000000159. The van der Waals surface area contributed by atoms with Crippen molar-refractivity contribution >= 4 is 6.08 Å². The van der Waals surface area contributed by atoms with E-state index in [1.807, 2.05) is 0 Å². The maximum absolute atomic E-state index is 5.33. The van der Waals surface area contributed by atoms with Gasteiger partial charge >= 0.3 is 0 Å². The van der Waals surface area contributed by atoms with E-state index in [1.54, 1.807) is 14.2 Å². The number of aryl methyl sites for hydroxylation is 1. The topological polar surface area (TPSA) is 18.5 Å². The predicted octanol–water partition coefficient (Wildman–Crippen LogP) is 5.18. The van der Waals surface area contributed by atoms with Crippen LogP contribution in [0, 0.1) is 0 Å². The molecule has 0 unspecified atom stereocenters. The van der Waals surface area contributed by atoms with Crippen LogP contribution in [0.5, 0.6) is 11.5 Å². The third-order valence-corrected chi connectivity index (χ3v) is 5.05. The molecule has 126 valence electrons. The summed E-state index contributed by atoms with van der Waals surface area (Å²) in [7, 11) is 3.37. The normalized spacial score (nSPS) is 16.0. The van der Waals surface area contributed by atoms with Crippen LogP contribution >= 0.6 is 0 Å². The van der Waals surface area contributed by atoms with Crippen molar-refractivity contribution in [3.63, 3.8) is 0 Å². The van der Waals surface area contributed by atoms with E-state index in [9.17, 15) is 0 Å². The maximum Gasteiger partial charge on any atom is 0.161 e. The second kappa shape index (κ2) is 6.72. The number of hydrogen-bond donors (Lipinski definition) is 0. The van der Waals surface area contributed by atoms with Gasteiger partial charge in [-0.25, -0.2) is 0 Å². The van der Waals surface area contributed by atoms with Crippen molar-refractivity contribution in [2.24, 2.45) is 0 Å². The fourth-order valence-electron chi connectivity index (χ4n) is 3.54. The minimum Gasteiger partial charge on any atom is -0.493 e. The molecule has 2 aromatic rings. The van der Waals surface area contributed by atoms with Gasteiger partial charge in [-0.15, -0.1) is 0 Å². The van der Waals surface area contributed by atoms with E-state index in [0.29, 0.717) is 0 Å². The minimum atomic E-state index is 0.273. The van der Waals surface area contributed by atoms with Gasteiger partial charge in [0.25, 0.3) is 0 Å². The molecule has 0 saturated heterocycles. The predicted molar refractivity (Wildman–Crippen MR) is 100 cm³/mol. The average Bonchev–Trinajstić information content (AvgIpc) is 3.18. The van der Waals surface area contributed by atoms with E-state index in [0.717, 1.165) is 24.3 Å². The molecule has 0 heterocycles. The summed E-state index contributed by atoms with van der Waals surface area (Å²) in [6.45, 7) is 4.56. The van der Waals surface area contributed by atoms with Gasteiger partial charge in [0.15, 0.2) is 11.5 Å². The van der Waals surface area contributed by atoms with Gasteiger partial charge in [0.1, 0.15) is 0 Å². The molecule has 2 aliphatic rings. The third-order valence-electron chi connectivity index (χ3n) is 5.05. The minimum absolute atomic E-state index is 0.273. The van der Waals surface area contributed by atoms with E-state index in [2.05, 4.69) is 62.4 Å². The molecule has 2 aromatic carbocycles. The van der Waals surface area contributed by atoms with E-state index in [-0.39, 0.29) is 5.41 Å². The summed E-state index contributed by atoms with van der Waals surface area (Å²) in [5.41, 5.74) is 5.92. The van der Waals surface area contributed by atoms with Gasteiger partial charge in [0.2, 0.25) is 0 Å². The fourth-order valence-corrected chi connectivity index (χ4v) is 3.54. The van der Waals surface area contributed by atoms with Gasteiger partial charge in [-0.05, 0) is 59.1 Å². The molecule has 0 fully saturated rings. The molecule has 0 aromatic heterocycles. The summed E-state index contributed by atoms with van der Waals surface area (Å²) < 4.78 is 10.6. The largest absolute Gasteiger partial charge is 0.493 e. The van der Waals surface area contributed by atoms with Crippen LogP contribution in [0.4, 0.5) is 0 Å². The van der Waals surface area contributed by atoms with Crippen molar-refractivity contribution in [2.75, 3.05) is 14.2 Å². The summed E-state index contributed by atoms with van der Waals surface area (Å²) in [6.07, 6.45) is 7.84. The zero-order valence-electron chi connectivity index (χ0n) is 15.1. The van der Waals surface area contributed by atoms with Crippen LogP contribution < -0.4 is 9.47 Å². The summed E-state index contributed by atoms with van der Waals surface area (Å²) >= 11 is 0. The molecular formula is C22H26O2. The Hall–Kier alpha value is -2.22. The van der Waals surface area contributed by atoms with Gasteiger partial charge in [-0.2, -0.15) is 0 Å². The Morgan fingerprint density at radius 2 is 1.62 bits per heavy atom. The lowest BCUT2D eigenvalue weighted by molar-refractivity contribution is 0.353. The number of allylic oxidation sites excluding steroid dienone is 1. The number of ether oxygens (including phenoxy) is 2. The Morgan fingerprint density at radius 3 is 2.33 bits per heavy atom. The molecule has 0 N–H and O–H groups in total. The Labute approximate surface area is 145 Å². The van der Waals surface area contributed by atoms with Crippen molar-refractivity contribution in [3.05, 3.63) is 64.7 Å². The number of rotatable bonds is 2. The first-order valence-corrected chi connectivity index (χ1v) is 8.55. The van der Waals surface area contributed by atoms with Crippen LogP contribution in [-0.4, -0.2) is 14.2 Å². The lowest BCUT2D eigenvalue weighted by atomic mass is 9.86. The van der Waals surface area contributed by atoms with E-state index < -0.39 is 0 Å². The summed E-state index contributed by atoms with van der Waals surface area (Å²) in [6, 6.07) is 12.7. The maximum atomic E-state index is 5.33. The van der Waals surface area contributed by atoms with Crippen molar-refractivity contribution in [2.45, 2.75) is 38.5 Å². The highest BCUT2D eigenvalue weighted by molar-refractivity contribution is 5.59. The highest BCUT2D eigenvalue weighted by Crippen LogP contribution is 2.43. The van der Waals surface area contributed by atoms with Crippen LogP contribution in [0.15, 0.2) is 42.5 Å². The number of fused-ring (bicyclic) bond motifs is 2. The van der Waals surface area contributed by atoms with Crippen LogP contribution in [0.2, 0.25) is 0 Å². The van der Waals surface area contributed by atoms with Gasteiger partial charge in [-0.1, -0.05) is 50.3 Å². The SMILES string of the molecule is C1=Cc2ccccc2C1.COc1cc2c(cc1OC)C(C)(C)CC2. The first-order chi connectivity index (χ1) is 11.5. The number of hydrogen-bond acceptors (Lipinski definition) is 2. The van der Waals surface area contributed by atoms with Crippen LogP contribution in [0.1, 0.15) is 42.5 Å². The third kappa shape index (κ3) is 3.19.